The second-order valence-corrected chi connectivity index (χ2v) is 4.90. The summed E-state index contributed by atoms with van der Waals surface area (Å²) < 4.78 is 13.5. The summed E-state index contributed by atoms with van der Waals surface area (Å²) in [4.78, 5) is 13.7. The number of halogens is 1. The second-order valence-electron chi connectivity index (χ2n) is 4.90. The van der Waals surface area contributed by atoms with Crippen molar-refractivity contribution in [2.75, 3.05) is 19.6 Å². The molecule has 0 aliphatic carbocycles. The average molecular weight is 217 g/mol. The minimum atomic E-state index is -1.31. The van der Waals surface area contributed by atoms with E-state index in [4.69, 9.17) is 0 Å². The van der Waals surface area contributed by atoms with Gasteiger partial charge in [-0.25, -0.2) is 4.39 Å². The molecule has 3 heteroatoms. The lowest BCUT2D eigenvalue weighted by molar-refractivity contribution is -0.131. The first-order valence-corrected chi connectivity index (χ1v) is 5.73. The highest BCUT2D eigenvalue weighted by molar-refractivity contribution is 5.87. The molecule has 0 saturated heterocycles. The molecule has 0 amide bonds. The molecule has 0 heterocycles. The molecule has 0 saturated carbocycles. The Morgan fingerprint density at radius 2 is 1.73 bits per heavy atom. The summed E-state index contributed by atoms with van der Waals surface area (Å²) in [6, 6.07) is 0. The van der Waals surface area contributed by atoms with Gasteiger partial charge in [-0.05, 0) is 19.5 Å². The lowest BCUT2D eigenvalue weighted by Gasteiger charge is -2.22. The zero-order valence-corrected chi connectivity index (χ0v) is 10.6. The maximum Gasteiger partial charge on any atom is 0.172 e. The Kier molecular flexibility index (Phi) is 6.03. The highest BCUT2D eigenvalue weighted by Crippen LogP contribution is 2.20. The van der Waals surface area contributed by atoms with E-state index in [1.54, 1.807) is 20.8 Å². The molecular formula is C12H24FNO. The zero-order valence-electron chi connectivity index (χ0n) is 10.6. The van der Waals surface area contributed by atoms with Gasteiger partial charge in [0.2, 0.25) is 0 Å². The van der Waals surface area contributed by atoms with Gasteiger partial charge in [0, 0.05) is 12.0 Å². The van der Waals surface area contributed by atoms with Crippen LogP contribution in [0.4, 0.5) is 4.39 Å². The van der Waals surface area contributed by atoms with Crippen LogP contribution >= 0.6 is 0 Å². The van der Waals surface area contributed by atoms with Gasteiger partial charge in [0.15, 0.2) is 12.0 Å². The van der Waals surface area contributed by atoms with Crippen LogP contribution in [-0.2, 0) is 4.79 Å². The highest BCUT2D eigenvalue weighted by Gasteiger charge is 2.29. The van der Waals surface area contributed by atoms with Crippen molar-refractivity contribution in [3.05, 3.63) is 0 Å². The molecule has 0 aliphatic heterocycles. The molecule has 1 atom stereocenters. The summed E-state index contributed by atoms with van der Waals surface area (Å²) in [7, 11) is 0. The normalized spacial score (nSPS) is 14.3. The van der Waals surface area contributed by atoms with Gasteiger partial charge in [0.1, 0.15) is 0 Å². The van der Waals surface area contributed by atoms with Crippen LogP contribution in [0.15, 0.2) is 0 Å². The van der Waals surface area contributed by atoms with Gasteiger partial charge in [-0.15, -0.1) is 0 Å². The molecule has 0 aromatic rings. The van der Waals surface area contributed by atoms with Gasteiger partial charge in [-0.2, -0.15) is 0 Å². The Morgan fingerprint density at radius 1 is 1.27 bits per heavy atom. The van der Waals surface area contributed by atoms with Crippen molar-refractivity contribution >= 4 is 5.78 Å². The van der Waals surface area contributed by atoms with Gasteiger partial charge >= 0.3 is 0 Å². The lowest BCUT2D eigenvalue weighted by atomic mass is 9.87. The number of carbonyl (C=O) groups excluding carboxylic acids is 1. The van der Waals surface area contributed by atoms with Gasteiger partial charge < -0.3 is 4.90 Å². The van der Waals surface area contributed by atoms with Crippen LogP contribution in [0.2, 0.25) is 0 Å². The summed E-state index contributed by atoms with van der Waals surface area (Å²) in [6.07, 6.45) is -0.997. The summed E-state index contributed by atoms with van der Waals surface area (Å²) in [5, 5.41) is 0. The first-order chi connectivity index (χ1) is 6.82. The number of alkyl halides is 1. The predicted octanol–water partition coefficient (Wildman–Crippen LogP) is 2.67. The van der Waals surface area contributed by atoms with E-state index in [0.717, 1.165) is 13.1 Å². The minimum absolute atomic E-state index is 0.283. The fourth-order valence-corrected chi connectivity index (χ4v) is 1.44. The molecule has 0 aromatic heterocycles. The number of hydrogen-bond donors (Lipinski definition) is 0. The highest BCUT2D eigenvalue weighted by atomic mass is 19.1. The maximum atomic E-state index is 13.5. The fourth-order valence-electron chi connectivity index (χ4n) is 1.44. The van der Waals surface area contributed by atoms with E-state index in [1.165, 1.54) is 0 Å². The monoisotopic (exact) mass is 217 g/mol. The van der Waals surface area contributed by atoms with Crippen LogP contribution in [0.3, 0.4) is 0 Å². The van der Waals surface area contributed by atoms with Gasteiger partial charge in [0.25, 0.3) is 0 Å². The topological polar surface area (TPSA) is 20.3 Å². The summed E-state index contributed by atoms with van der Waals surface area (Å²) in [5.74, 6) is -0.283. The Morgan fingerprint density at radius 3 is 2.07 bits per heavy atom. The van der Waals surface area contributed by atoms with Crippen molar-refractivity contribution in [2.24, 2.45) is 5.41 Å². The Labute approximate surface area is 92.8 Å². The quantitative estimate of drug-likeness (QED) is 0.681. The predicted molar refractivity (Wildman–Crippen MR) is 61.8 cm³/mol. The zero-order chi connectivity index (χ0) is 12.1. The van der Waals surface area contributed by atoms with Crippen LogP contribution in [0, 0.1) is 5.41 Å². The standard InChI is InChI=1S/C12H24FNO/c1-6-14(7-2)9-8-10(13)11(15)12(3,4)5/h10H,6-9H2,1-5H3. The molecule has 0 aliphatic rings. The first kappa shape index (κ1) is 14.6. The van der Waals surface area contributed by atoms with Crippen molar-refractivity contribution in [1.29, 1.82) is 0 Å². The van der Waals surface area contributed by atoms with Crippen LogP contribution in [0.5, 0.6) is 0 Å². The van der Waals surface area contributed by atoms with Gasteiger partial charge in [-0.1, -0.05) is 34.6 Å². The number of carbonyl (C=O) groups is 1. The lowest BCUT2D eigenvalue weighted by Crippen LogP contribution is -2.33. The molecule has 2 nitrogen and oxygen atoms in total. The van der Waals surface area contributed by atoms with E-state index >= 15 is 0 Å². The van der Waals surface area contributed by atoms with Crippen molar-refractivity contribution in [3.63, 3.8) is 0 Å². The molecule has 0 aromatic carbocycles. The molecule has 1 unspecified atom stereocenters. The number of hydrogen-bond acceptors (Lipinski definition) is 2. The number of ketones is 1. The van der Waals surface area contributed by atoms with Crippen molar-refractivity contribution < 1.29 is 9.18 Å². The average Bonchev–Trinajstić information content (AvgIpc) is 2.16. The third-order valence-corrected chi connectivity index (χ3v) is 2.62. The van der Waals surface area contributed by atoms with Gasteiger partial charge in [0.05, 0.1) is 0 Å². The molecule has 0 rings (SSSR count). The van der Waals surface area contributed by atoms with E-state index in [-0.39, 0.29) is 5.78 Å². The number of nitrogens with zero attached hydrogens (tertiary/aromatic N) is 1. The summed E-state index contributed by atoms with van der Waals surface area (Å²) >= 11 is 0. The Balaban J connectivity index is 4.04. The summed E-state index contributed by atoms with van der Waals surface area (Å²) in [6.45, 7) is 11.9. The fraction of sp³-hybridized carbons (Fsp3) is 0.917. The number of rotatable bonds is 6. The minimum Gasteiger partial charge on any atom is -0.304 e. The third kappa shape index (κ3) is 5.26. The molecule has 0 radical (unpaired) electrons. The van der Waals surface area contributed by atoms with Crippen LogP contribution in [0.1, 0.15) is 41.0 Å². The molecular weight excluding hydrogens is 193 g/mol. The molecule has 0 spiro atoms. The van der Waals surface area contributed by atoms with E-state index in [0.29, 0.717) is 13.0 Å². The van der Waals surface area contributed by atoms with E-state index < -0.39 is 11.6 Å². The van der Waals surface area contributed by atoms with Crippen LogP contribution < -0.4 is 0 Å². The van der Waals surface area contributed by atoms with Crippen LogP contribution in [0.25, 0.3) is 0 Å². The Bertz CT molecular complexity index is 194. The summed E-state index contributed by atoms with van der Waals surface area (Å²) in [5.41, 5.74) is -0.567. The van der Waals surface area contributed by atoms with Gasteiger partial charge in [-0.3, -0.25) is 4.79 Å². The Hall–Kier alpha value is -0.440. The van der Waals surface area contributed by atoms with E-state index in [2.05, 4.69) is 4.90 Å². The largest absolute Gasteiger partial charge is 0.304 e. The van der Waals surface area contributed by atoms with Crippen molar-refractivity contribution in [2.45, 2.75) is 47.2 Å². The van der Waals surface area contributed by atoms with E-state index in [1.807, 2.05) is 13.8 Å². The molecule has 15 heavy (non-hydrogen) atoms. The number of Topliss-reactive ketones (excluding diaryl/α,β-unsaturated/α-hetero) is 1. The van der Waals surface area contributed by atoms with Crippen molar-refractivity contribution in [3.8, 4) is 0 Å². The maximum absolute atomic E-state index is 13.5. The smallest absolute Gasteiger partial charge is 0.172 e. The second kappa shape index (κ2) is 6.21. The SMILES string of the molecule is CCN(CC)CCC(F)C(=O)C(C)(C)C. The van der Waals surface area contributed by atoms with Crippen LogP contribution in [-0.4, -0.2) is 36.5 Å². The molecule has 90 valence electrons. The first-order valence-electron chi connectivity index (χ1n) is 5.73. The third-order valence-electron chi connectivity index (χ3n) is 2.62. The molecule has 0 bridgehead atoms. The molecule has 0 fully saturated rings. The van der Waals surface area contributed by atoms with E-state index in [9.17, 15) is 9.18 Å². The van der Waals surface area contributed by atoms with Crippen molar-refractivity contribution in [1.82, 2.24) is 4.90 Å². The molecule has 0 N–H and O–H groups in total.